The Balaban J connectivity index is 0. The Morgan fingerprint density at radius 1 is 0.938 bits per heavy atom. The zero-order valence-corrected chi connectivity index (χ0v) is 11.4. The lowest BCUT2D eigenvalue weighted by Gasteiger charge is -2.13. The second-order valence-corrected chi connectivity index (χ2v) is 3.86. The molecule has 0 radical (unpaired) electrons. The molecule has 0 heterocycles. The highest BCUT2D eigenvalue weighted by Crippen LogP contribution is 1.94. The normalized spacial score (nSPS) is 10.1. The fourth-order valence-electron chi connectivity index (χ4n) is 1.26. The van der Waals surface area contributed by atoms with Gasteiger partial charge in [-0.15, -0.1) is 0 Å². The Labute approximate surface area is 102 Å². The van der Waals surface area contributed by atoms with Gasteiger partial charge in [0.15, 0.2) is 0 Å². The number of hydrogen-bond donors (Lipinski definition) is 4. The van der Waals surface area contributed by atoms with Crippen molar-refractivity contribution in [1.29, 1.82) is 0 Å². The van der Waals surface area contributed by atoms with Crippen LogP contribution in [0.1, 0.15) is 39.5 Å². The van der Waals surface area contributed by atoms with Gasteiger partial charge in [0.2, 0.25) is 0 Å². The van der Waals surface area contributed by atoms with Gasteiger partial charge >= 0.3 is 0 Å². The predicted molar refractivity (Wildman–Crippen MR) is 73.6 cm³/mol. The van der Waals surface area contributed by atoms with E-state index in [1.54, 1.807) is 0 Å². The van der Waals surface area contributed by atoms with E-state index in [0.29, 0.717) is 6.04 Å². The molecule has 0 atom stereocenters. The summed E-state index contributed by atoms with van der Waals surface area (Å²) in [7, 11) is 1.93. The minimum Gasteiger partial charge on any atom is -0.330 e. The van der Waals surface area contributed by atoms with Crippen molar-refractivity contribution in [3.8, 4) is 0 Å². The molecule has 0 saturated carbocycles. The van der Waals surface area contributed by atoms with Crippen molar-refractivity contribution >= 4 is 0 Å². The lowest BCUT2D eigenvalue weighted by molar-refractivity contribution is 0.481. The van der Waals surface area contributed by atoms with E-state index in [9.17, 15) is 0 Å². The molecule has 4 heteroatoms. The fourth-order valence-corrected chi connectivity index (χ4v) is 1.26. The largest absolute Gasteiger partial charge is 0.330 e. The zero-order chi connectivity index (χ0) is 12.6. The standard InChI is InChI=1S/C8H20N2.C4H12N2/c1-3-8(4-2)10-7-5-6-9;1-6-4-2-3-5/h8,10H,3-7,9H2,1-2H3;6H,2-5H2,1H3. The number of rotatable bonds is 9. The van der Waals surface area contributed by atoms with Crippen LogP contribution in [0.5, 0.6) is 0 Å². The van der Waals surface area contributed by atoms with Crippen molar-refractivity contribution in [2.45, 2.75) is 45.6 Å². The highest BCUT2D eigenvalue weighted by molar-refractivity contribution is 4.61. The molecule has 0 fully saturated rings. The molecule has 0 unspecified atom stereocenters. The molecular formula is C12H32N4. The van der Waals surface area contributed by atoms with Crippen molar-refractivity contribution in [3.63, 3.8) is 0 Å². The van der Waals surface area contributed by atoms with Crippen molar-refractivity contribution in [2.24, 2.45) is 11.5 Å². The Bertz CT molecular complexity index is 101. The third-order valence-electron chi connectivity index (χ3n) is 2.43. The van der Waals surface area contributed by atoms with Gasteiger partial charge in [0, 0.05) is 6.04 Å². The van der Waals surface area contributed by atoms with E-state index in [4.69, 9.17) is 11.5 Å². The first kappa shape index (κ1) is 18.2. The molecule has 0 aromatic rings. The maximum absolute atomic E-state index is 5.36. The lowest BCUT2D eigenvalue weighted by atomic mass is 10.2. The average Bonchev–Trinajstić information content (AvgIpc) is 2.33. The molecule has 0 spiro atoms. The Morgan fingerprint density at radius 3 is 1.75 bits per heavy atom. The van der Waals surface area contributed by atoms with E-state index in [1.165, 1.54) is 12.8 Å². The van der Waals surface area contributed by atoms with E-state index in [0.717, 1.165) is 39.0 Å². The molecule has 0 aliphatic rings. The SMILES string of the molecule is CCC(CC)NCCCN.CNCCCN. The van der Waals surface area contributed by atoms with Gasteiger partial charge in [0.05, 0.1) is 0 Å². The van der Waals surface area contributed by atoms with Gasteiger partial charge in [-0.25, -0.2) is 0 Å². The fraction of sp³-hybridized carbons (Fsp3) is 1.00. The van der Waals surface area contributed by atoms with Crippen molar-refractivity contribution in [3.05, 3.63) is 0 Å². The van der Waals surface area contributed by atoms with Gasteiger partial charge in [-0.05, 0) is 58.9 Å². The van der Waals surface area contributed by atoms with Gasteiger partial charge in [0.25, 0.3) is 0 Å². The minimum atomic E-state index is 0.701. The van der Waals surface area contributed by atoms with E-state index in [2.05, 4.69) is 24.5 Å². The topological polar surface area (TPSA) is 76.1 Å². The van der Waals surface area contributed by atoms with Crippen LogP contribution in [0.3, 0.4) is 0 Å². The van der Waals surface area contributed by atoms with Crippen LogP contribution in [-0.2, 0) is 0 Å². The quantitative estimate of drug-likeness (QED) is 0.441. The summed E-state index contributed by atoms with van der Waals surface area (Å²) in [5.41, 5.74) is 10.5. The highest BCUT2D eigenvalue weighted by atomic mass is 14.9. The van der Waals surface area contributed by atoms with Crippen molar-refractivity contribution in [1.82, 2.24) is 10.6 Å². The molecule has 0 aliphatic carbocycles. The molecule has 0 rings (SSSR count). The van der Waals surface area contributed by atoms with E-state index in [1.807, 2.05) is 7.05 Å². The second-order valence-electron chi connectivity index (χ2n) is 3.86. The van der Waals surface area contributed by atoms with Crippen LogP contribution in [0.25, 0.3) is 0 Å². The Kier molecular flexibility index (Phi) is 19.6. The summed E-state index contributed by atoms with van der Waals surface area (Å²) in [6.07, 6.45) is 4.62. The van der Waals surface area contributed by atoms with Gasteiger partial charge in [-0.1, -0.05) is 13.8 Å². The maximum Gasteiger partial charge on any atom is 0.00618 e. The van der Waals surface area contributed by atoms with E-state index in [-0.39, 0.29) is 0 Å². The van der Waals surface area contributed by atoms with Crippen LogP contribution in [0.2, 0.25) is 0 Å². The molecule has 0 aromatic heterocycles. The van der Waals surface area contributed by atoms with E-state index < -0.39 is 0 Å². The molecule has 0 saturated heterocycles. The van der Waals surface area contributed by atoms with Gasteiger partial charge in [-0.3, -0.25) is 0 Å². The molecule has 100 valence electrons. The molecule has 16 heavy (non-hydrogen) atoms. The smallest absolute Gasteiger partial charge is 0.00618 e. The summed E-state index contributed by atoms with van der Waals surface area (Å²) < 4.78 is 0. The number of nitrogens with two attached hydrogens (primary N) is 2. The predicted octanol–water partition coefficient (Wildman–Crippen LogP) is 0.668. The van der Waals surface area contributed by atoms with Gasteiger partial charge < -0.3 is 22.1 Å². The summed E-state index contributed by atoms with van der Waals surface area (Å²) >= 11 is 0. The average molecular weight is 232 g/mol. The van der Waals surface area contributed by atoms with E-state index >= 15 is 0 Å². The van der Waals surface area contributed by atoms with Crippen LogP contribution in [0, 0.1) is 0 Å². The van der Waals surface area contributed by atoms with Crippen LogP contribution < -0.4 is 22.1 Å². The molecule has 6 N–H and O–H groups in total. The third-order valence-corrected chi connectivity index (χ3v) is 2.43. The Hall–Kier alpha value is -0.160. The summed E-state index contributed by atoms with van der Waals surface area (Å²) in [6, 6.07) is 0.701. The Morgan fingerprint density at radius 2 is 1.44 bits per heavy atom. The van der Waals surface area contributed by atoms with Crippen molar-refractivity contribution < 1.29 is 0 Å². The molecule has 4 nitrogen and oxygen atoms in total. The lowest BCUT2D eigenvalue weighted by Crippen LogP contribution is -2.29. The third kappa shape index (κ3) is 16.3. The summed E-state index contributed by atoms with van der Waals surface area (Å²) in [5, 5.41) is 6.43. The van der Waals surface area contributed by atoms with Crippen LogP contribution in [-0.4, -0.2) is 39.3 Å². The first-order chi connectivity index (χ1) is 7.76. The van der Waals surface area contributed by atoms with Crippen LogP contribution in [0.4, 0.5) is 0 Å². The summed E-state index contributed by atoms with van der Waals surface area (Å²) in [5.74, 6) is 0. The molecule has 0 amide bonds. The number of hydrogen-bond acceptors (Lipinski definition) is 4. The summed E-state index contributed by atoms with van der Waals surface area (Å²) in [6.45, 7) is 8.13. The minimum absolute atomic E-state index is 0.701. The monoisotopic (exact) mass is 232 g/mol. The van der Waals surface area contributed by atoms with Gasteiger partial charge in [-0.2, -0.15) is 0 Å². The first-order valence-electron chi connectivity index (χ1n) is 6.54. The van der Waals surface area contributed by atoms with Crippen LogP contribution in [0.15, 0.2) is 0 Å². The molecule has 0 aliphatic heterocycles. The molecular weight excluding hydrogens is 200 g/mol. The van der Waals surface area contributed by atoms with Crippen LogP contribution >= 0.6 is 0 Å². The second kappa shape index (κ2) is 17.2. The zero-order valence-electron chi connectivity index (χ0n) is 11.4. The summed E-state index contributed by atoms with van der Waals surface area (Å²) in [4.78, 5) is 0. The molecule has 0 bridgehead atoms. The maximum atomic E-state index is 5.36. The number of nitrogens with one attached hydrogen (secondary N) is 2. The van der Waals surface area contributed by atoms with Gasteiger partial charge in [0.1, 0.15) is 0 Å². The molecule has 0 aromatic carbocycles. The first-order valence-corrected chi connectivity index (χ1v) is 6.54. The van der Waals surface area contributed by atoms with Crippen molar-refractivity contribution in [2.75, 3.05) is 33.2 Å². The highest BCUT2D eigenvalue weighted by Gasteiger charge is 1.99.